The van der Waals surface area contributed by atoms with Crippen molar-refractivity contribution in [2.75, 3.05) is 26.3 Å². The molecule has 1 aliphatic carbocycles. The van der Waals surface area contributed by atoms with Crippen molar-refractivity contribution >= 4 is 0 Å². The molecule has 0 aromatic rings. The van der Waals surface area contributed by atoms with E-state index in [1.807, 2.05) is 0 Å². The van der Waals surface area contributed by atoms with Crippen molar-refractivity contribution in [2.45, 2.75) is 76.9 Å². The van der Waals surface area contributed by atoms with E-state index >= 15 is 0 Å². The predicted octanol–water partition coefficient (Wildman–Crippen LogP) is 3.21. The minimum absolute atomic E-state index is 0.340. The van der Waals surface area contributed by atoms with Gasteiger partial charge in [0.05, 0.1) is 6.10 Å². The molecule has 0 aromatic heterocycles. The maximum absolute atomic E-state index is 8.91. The molecule has 0 amide bonds. The van der Waals surface area contributed by atoms with Gasteiger partial charge >= 0.3 is 0 Å². The molecular weight excluding hydrogens is 250 g/mol. The number of aliphatic hydroxyl groups excluding tert-OH is 1. The Morgan fingerprint density at radius 1 is 1.05 bits per heavy atom. The number of unbranched alkanes of at least 4 members (excludes halogenated alkanes) is 2. The summed E-state index contributed by atoms with van der Waals surface area (Å²) < 4.78 is 5.84. The number of ether oxygens (including phenoxy) is 1. The summed E-state index contributed by atoms with van der Waals surface area (Å²) in [6.45, 7) is 6.02. The van der Waals surface area contributed by atoms with E-state index in [9.17, 15) is 0 Å². The molecule has 20 heavy (non-hydrogen) atoms. The average Bonchev–Trinajstić information content (AvgIpc) is 2.96. The topological polar surface area (TPSA) is 32.7 Å². The quantitative estimate of drug-likeness (QED) is 0.694. The summed E-state index contributed by atoms with van der Waals surface area (Å²) in [6, 6.07) is 0.782. The van der Waals surface area contributed by atoms with Crippen LogP contribution in [0.3, 0.4) is 0 Å². The third kappa shape index (κ3) is 5.34. The van der Waals surface area contributed by atoms with Gasteiger partial charge in [0.1, 0.15) is 0 Å². The second-order valence-corrected chi connectivity index (χ2v) is 6.83. The summed E-state index contributed by atoms with van der Waals surface area (Å²) in [6.07, 6.45) is 11.8. The van der Waals surface area contributed by atoms with Crippen LogP contribution < -0.4 is 0 Å². The van der Waals surface area contributed by atoms with Crippen molar-refractivity contribution in [1.29, 1.82) is 0 Å². The van der Waals surface area contributed by atoms with Crippen LogP contribution in [0.2, 0.25) is 0 Å². The summed E-state index contributed by atoms with van der Waals surface area (Å²) in [5.74, 6) is 0.921. The predicted molar refractivity (Wildman–Crippen MR) is 82.9 cm³/mol. The zero-order chi connectivity index (χ0) is 14.2. The first-order valence-electron chi connectivity index (χ1n) is 8.76. The number of rotatable bonds is 8. The average molecular weight is 283 g/mol. The Kier molecular flexibility index (Phi) is 7.32. The molecule has 1 saturated heterocycles. The minimum Gasteiger partial charge on any atom is -0.396 e. The first-order chi connectivity index (χ1) is 9.79. The summed E-state index contributed by atoms with van der Waals surface area (Å²) in [5, 5.41) is 8.91. The molecule has 2 aliphatic rings. The van der Waals surface area contributed by atoms with Gasteiger partial charge in [-0.2, -0.15) is 0 Å². The van der Waals surface area contributed by atoms with E-state index in [1.165, 1.54) is 51.5 Å². The fourth-order valence-corrected chi connectivity index (χ4v) is 3.68. The highest BCUT2D eigenvalue weighted by Gasteiger charge is 2.27. The Labute approximate surface area is 124 Å². The van der Waals surface area contributed by atoms with Crippen LogP contribution in [0.15, 0.2) is 0 Å². The van der Waals surface area contributed by atoms with Crippen LogP contribution in [0.1, 0.15) is 64.7 Å². The van der Waals surface area contributed by atoms with Gasteiger partial charge in [0.15, 0.2) is 0 Å². The number of hydrogen-bond donors (Lipinski definition) is 1. The Morgan fingerprint density at radius 3 is 2.50 bits per heavy atom. The highest BCUT2D eigenvalue weighted by Crippen LogP contribution is 2.28. The van der Waals surface area contributed by atoms with Gasteiger partial charge in [-0.25, -0.2) is 0 Å². The smallest absolute Gasteiger partial charge is 0.0702 e. The molecule has 1 aliphatic heterocycles. The molecule has 0 bridgehead atoms. The molecule has 0 radical (unpaired) electrons. The first-order valence-corrected chi connectivity index (χ1v) is 8.76. The molecule has 118 valence electrons. The van der Waals surface area contributed by atoms with Gasteiger partial charge in [0.25, 0.3) is 0 Å². The van der Waals surface area contributed by atoms with Gasteiger partial charge in [0, 0.05) is 25.8 Å². The summed E-state index contributed by atoms with van der Waals surface area (Å²) in [7, 11) is 0. The van der Waals surface area contributed by atoms with Gasteiger partial charge < -0.3 is 9.84 Å². The van der Waals surface area contributed by atoms with Crippen LogP contribution in [0.4, 0.5) is 0 Å². The molecular formula is C17H33NO2. The molecule has 0 aromatic carbocycles. The van der Waals surface area contributed by atoms with E-state index < -0.39 is 0 Å². The third-order valence-electron chi connectivity index (χ3n) is 5.07. The van der Waals surface area contributed by atoms with E-state index in [0.29, 0.717) is 12.7 Å². The zero-order valence-corrected chi connectivity index (χ0v) is 13.2. The maximum atomic E-state index is 8.91. The normalized spacial score (nSPS) is 31.1. The molecule has 2 fully saturated rings. The summed E-state index contributed by atoms with van der Waals surface area (Å²) in [5.41, 5.74) is 0. The van der Waals surface area contributed by atoms with Crippen LogP contribution >= 0.6 is 0 Å². The Morgan fingerprint density at radius 2 is 1.85 bits per heavy atom. The monoisotopic (exact) mass is 283 g/mol. The lowest BCUT2D eigenvalue weighted by molar-refractivity contribution is 0.0440. The number of aliphatic hydroxyl groups is 1. The number of nitrogens with zero attached hydrogens (tertiary/aromatic N) is 1. The Bertz CT molecular complexity index is 245. The Hall–Kier alpha value is -0.120. The van der Waals surface area contributed by atoms with E-state index in [2.05, 4.69) is 11.8 Å². The maximum Gasteiger partial charge on any atom is 0.0702 e. The molecule has 3 heteroatoms. The molecule has 1 unspecified atom stereocenters. The van der Waals surface area contributed by atoms with E-state index in [1.54, 1.807) is 0 Å². The lowest BCUT2D eigenvalue weighted by atomic mass is 9.86. The van der Waals surface area contributed by atoms with Crippen molar-refractivity contribution in [3.05, 3.63) is 0 Å². The zero-order valence-electron chi connectivity index (χ0n) is 13.2. The van der Waals surface area contributed by atoms with Crippen molar-refractivity contribution in [3.63, 3.8) is 0 Å². The third-order valence-corrected chi connectivity index (χ3v) is 5.07. The Balaban J connectivity index is 1.78. The number of hydrogen-bond acceptors (Lipinski definition) is 3. The lowest BCUT2D eigenvalue weighted by Gasteiger charge is -2.37. The van der Waals surface area contributed by atoms with E-state index in [0.717, 1.165) is 38.0 Å². The second kappa shape index (κ2) is 9.01. The SMILES string of the molecule is CC1CCC(N(CCCCCO)CC2CCCO2)CC1. The van der Waals surface area contributed by atoms with Crippen molar-refractivity contribution in [1.82, 2.24) is 4.90 Å². The second-order valence-electron chi connectivity index (χ2n) is 6.83. The van der Waals surface area contributed by atoms with Crippen LogP contribution in [-0.2, 0) is 4.74 Å². The summed E-state index contributed by atoms with van der Waals surface area (Å²) >= 11 is 0. The van der Waals surface area contributed by atoms with E-state index in [4.69, 9.17) is 9.84 Å². The molecule has 1 heterocycles. The highest BCUT2D eigenvalue weighted by molar-refractivity contribution is 4.81. The minimum atomic E-state index is 0.340. The fourth-order valence-electron chi connectivity index (χ4n) is 3.68. The fraction of sp³-hybridized carbons (Fsp3) is 1.00. The molecule has 1 N–H and O–H groups in total. The van der Waals surface area contributed by atoms with Crippen molar-refractivity contribution in [3.8, 4) is 0 Å². The van der Waals surface area contributed by atoms with Crippen LogP contribution in [-0.4, -0.2) is 48.5 Å². The van der Waals surface area contributed by atoms with Crippen LogP contribution in [0, 0.1) is 5.92 Å². The molecule has 0 spiro atoms. The van der Waals surface area contributed by atoms with Gasteiger partial charge in [-0.05, 0) is 70.3 Å². The van der Waals surface area contributed by atoms with Gasteiger partial charge in [-0.15, -0.1) is 0 Å². The van der Waals surface area contributed by atoms with Crippen LogP contribution in [0.25, 0.3) is 0 Å². The highest BCUT2D eigenvalue weighted by atomic mass is 16.5. The van der Waals surface area contributed by atoms with E-state index in [-0.39, 0.29) is 0 Å². The lowest BCUT2D eigenvalue weighted by Crippen LogP contribution is -2.42. The van der Waals surface area contributed by atoms with Gasteiger partial charge in [-0.1, -0.05) is 6.92 Å². The van der Waals surface area contributed by atoms with Crippen molar-refractivity contribution < 1.29 is 9.84 Å². The molecule has 2 rings (SSSR count). The summed E-state index contributed by atoms with van der Waals surface area (Å²) in [4.78, 5) is 2.71. The first kappa shape index (κ1) is 16.3. The van der Waals surface area contributed by atoms with Crippen LogP contribution in [0.5, 0.6) is 0 Å². The molecule has 1 saturated carbocycles. The van der Waals surface area contributed by atoms with Gasteiger partial charge in [-0.3, -0.25) is 4.90 Å². The largest absolute Gasteiger partial charge is 0.396 e. The van der Waals surface area contributed by atoms with Crippen molar-refractivity contribution in [2.24, 2.45) is 5.92 Å². The standard InChI is InChI=1S/C17H33NO2/c1-15-7-9-16(10-8-15)18(11-3-2-4-12-19)14-17-6-5-13-20-17/h15-17,19H,2-14H2,1H3. The molecule has 3 nitrogen and oxygen atoms in total. The van der Waals surface area contributed by atoms with Gasteiger partial charge in [0.2, 0.25) is 0 Å². The molecule has 1 atom stereocenters.